The first-order valence-electron chi connectivity index (χ1n) is 8.83. The van der Waals surface area contributed by atoms with E-state index in [9.17, 15) is 9.59 Å². The van der Waals surface area contributed by atoms with Crippen molar-refractivity contribution >= 4 is 28.3 Å². The molecule has 6 nitrogen and oxygen atoms in total. The summed E-state index contributed by atoms with van der Waals surface area (Å²) in [6, 6.07) is 9.30. The van der Waals surface area contributed by atoms with Crippen molar-refractivity contribution in [2.75, 3.05) is 11.9 Å². The number of aromatic nitrogens is 2. The van der Waals surface area contributed by atoms with Gasteiger partial charge in [-0.25, -0.2) is 0 Å². The Hall–Kier alpha value is -2.28. The minimum atomic E-state index is -0.422. The summed E-state index contributed by atoms with van der Waals surface area (Å²) in [5.41, 5.74) is 0.873. The molecule has 0 spiro atoms. The Morgan fingerprint density at radius 3 is 2.65 bits per heavy atom. The minimum Gasteiger partial charge on any atom is -0.331 e. The van der Waals surface area contributed by atoms with Gasteiger partial charge in [-0.3, -0.25) is 14.9 Å². The van der Waals surface area contributed by atoms with Crippen molar-refractivity contribution in [3.05, 3.63) is 30.3 Å². The van der Waals surface area contributed by atoms with Crippen LogP contribution in [0.3, 0.4) is 0 Å². The van der Waals surface area contributed by atoms with E-state index in [2.05, 4.69) is 15.5 Å². The summed E-state index contributed by atoms with van der Waals surface area (Å²) < 4.78 is 0. The number of nitrogens with zero attached hydrogens (tertiary/aromatic N) is 3. The number of carbonyl (C=O) groups excluding carboxylic acids is 2. The Morgan fingerprint density at radius 2 is 1.96 bits per heavy atom. The smallest absolute Gasteiger partial charge is 0.249 e. The maximum atomic E-state index is 12.7. The zero-order valence-corrected chi connectivity index (χ0v) is 16.2. The number of hydrogen-bond donors (Lipinski definition) is 1. The molecule has 1 N–H and O–H groups in total. The molecule has 26 heavy (non-hydrogen) atoms. The lowest BCUT2D eigenvalue weighted by Gasteiger charge is -2.27. The van der Waals surface area contributed by atoms with Gasteiger partial charge in [0.15, 0.2) is 0 Å². The summed E-state index contributed by atoms with van der Waals surface area (Å²) in [6.45, 7) is 6.73. The van der Waals surface area contributed by atoms with Crippen LogP contribution < -0.4 is 5.32 Å². The second-order valence-electron chi connectivity index (χ2n) is 7.75. The average Bonchev–Trinajstić information content (AvgIpc) is 3.23. The van der Waals surface area contributed by atoms with Gasteiger partial charge in [-0.1, -0.05) is 62.4 Å². The number of anilines is 1. The molecule has 1 saturated heterocycles. The Kier molecular flexibility index (Phi) is 5.36. The summed E-state index contributed by atoms with van der Waals surface area (Å²) in [4.78, 5) is 26.9. The molecule has 1 aromatic carbocycles. The molecule has 0 saturated carbocycles. The third kappa shape index (κ3) is 4.46. The highest BCUT2D eigenvalue weighted by atomic mass is 32.1. The van der Waals surface area contributed by atoms with Gasteiger partial charge in [0.1, 0.15) is 11.0 Å². The molecule has 1 aliphatic heterocycles. The maximum Gasteiger partial charge on any atom is 0.249 e. The summed E-state index contributed by atoms with van der Waals surface area (Å²) >= 11 is 1.34. The average molecular weight is 372 g/mol. The van der Waals surface area contributed by atoms with Crippen LogP contribution in [0.1, 0.15) is 40.0 Å². The minimum absolute atomic E-state index is 0.0392. The molecule has 0 bridgehead atoms. The molecule has 1 aromatic heterocycles. The molecular weight excluding hydrogens is 348 g/mol. The zero-order chi connectivity index (χ0) is 18.7. The van der Waals surface area contributed by atoms with Crippen LogP contribution in [0.2, 0.25) is 0 Å². The number of nitrogens with one attached hydrogen (secondary N) is 1. The highest BCUT2D eigenvalue weighted by Crippen LogP contribution is 2.28. The molecular formula is C19H24N4O2S. The highest BCUT2D eigenvalue weighted by Gasteiger charge is 2.35. The van der Waals surface area contributed by atoms with Crippen molar-refractivity contribution in [1.82, 2.24) is 15.1 Å². The van der Waals surface area contributed by atoms with E-state index in [1.807, 2.05) is 51.1 Å². The zero-order valence-electron chi connectivity index (χ0n) is 15.4. The SMILES string of the molecule is CC(C)(C)CC(=O)N1CCCC1C(=O)Nc1nnc(-c2ccccc2)s1. The first kappa shape index (κ1) is 18.5. The van der Waals surface area contributed by atoms with Gasteiger partial charge < -0.3 is 4.90 Å². The summed E-state index contributed by atoms with van der Waals surface area (Å²) in [7, 11) is 0. The van der Waals surface area contributed by atoms with E-state index in [0.717, 1.165) is 17.0 Å². The van der Waals surface area contributed by atoms with E-state index >= 15 is 0 Å². The Morgan fingerprint density at radius 1 is 1.23 bits per heavy atom. The lowest BCUT2D eigenvalue weighted by atomic mass is 9.91. The van der Waals surface area contributed by atoms with E-state index < -0.39 is 6.04 Å². The fourth-order valence-electron chi connectivity index (χ4n) is 3.05. The standard InChI is InChI=1S/C19H24N4O2S/c1-19(2,3)12-15(24)23-11-7-10-14(23)16(25)20-18-22-21-17(26-18)13-8-5-4-6-9-13/h4-6,8-9,14H,7,10-12H2,1-3H3,(H,20,22,25). The van der Waals surface area contributed by atoms with Gasteiger partial charge in [0.2, 0.25) is 16.9 Å². The van der Waals surface area contributed by atoms with Crippen molar-refractivity contribution in [1.29, 1.82) is 0 Å². The van der Waals surface area contributed by atoms with Gasteiger partial charge >= 0.3 is 0 Å². The van der Waals surface area contributed by atoms with E-state index in [4.69, 9.17) is 0 Å². The van der Waals surface area contributed by atoms with Crippen molar-refractivity contribution in [2.45, 2.75) is 46.1 Å². The topological polar surface area (TPSA) is 75.2 Å². The maximum absolute atomic E-state index is 12.7. The molecule has 1 fully saturated rings. The van der Waals surface area contributed by atoms with Crippen LogP contribution >= 0.6 is 11.3 Å². The van der Waals surface area contributed by atoms with E-state index in [1.54, 1.807) is 4.90 Å². The van der Waals surface area contributed by atoms with Gasteiger partial charge in [0.25, 0.3) is 0 Å². The molecule has 1 aliphatic rings. The second-order valence-corrected chi connectivity index (χ2v) is 8.73. The fourth-order valence-corrected chi connectivity index (χ4v) is 3.80. The fraction of sp³-hybridized carbons (Fsp3) is 0.474. The third-order valence-corrected chi connectivity index (χ3v) is 5.12. The van der Waals surface area contributed by atoms with E-state index in [1.165, 1.54) is 11.3 Å². The third-order valence-electron chi connectivity index (χ3n) is 4.23. The van der Waals surface area contributed by atoms with Crippen molar-refractivity contribution in [3.8, 4) is 10.6 Å². The normalized spacial score (nSPS) is 17.3. The van der Waals surface area contributed by atoms with Crippen LogP contribution in [0.4, 0.5) is 5.13 Å². The number of carbonyl (C=O) groups is 2. The van der Waals surface area contributed by atoms with E-state index in [-0.39, 0.29) is 17.2 Å². The summed E-state index contributed by atoms with van der Waals surface area (Å²) in [5, 5.41) is 12.3. The van der Waals surface area contributed by atoms with Crippen molar-refractivity contribution < 1.29 is 9.59 Å². The predicted octanol–water partition coefficient (Wildman–Crippen LogP) is 3.57. The second kappa shape index (κ2) is 7.53. The first-order chi connectivity index (χ1) is 12.3. The number of amides is 2. The molecule has 1 atom stereocenters. The van der Waals surface area contributed by atoms with Gasteiger partial charge in [-0.2, -0.15) is 0 Å². The quantitative estimate of drug-likeness (QED) is 0.890. The predicted molar refractivity (Wildman–Crippen MR) is 103 cm³/mol. The lowest BCUT2D eigenvalue weighted by molar-refractivity contribution is -0.138. The van der Waals surface area contributed by atoms with Crippen LogP contribution in [0.15, 0.2) is 30.3 Å². The summed E-state index contributed by atoms with van der Waals surface area (Å²) in [6.07, 6.45) is 1.97. The lowest BCUT2D eigenvalue weighted by Crippen LogP contribution is -2.44. The van der Waals surface area contributed by atoms with Gasteiger partial charge in [-0.15, -0.1) is 10.2 Å². The molecule has 0 aliphatic carbocycles. The molecule has 2 amide bonds. The largest absolute Gasteiger partial charge is 0.331 e. The van der Waals surface area contributed by atoms with Crippen LogP contribution in [0, 0.1) is 5.41 Å². The number of likely N-dealkylation sites (tertiary alicyclic amines) is 1. The Bertz CT molecular complexity index is 782. The van der Waals surface area contributed by atoms with Gasteiger partial charge in [0.05, 0.1) is 0 Å². The summed E-state index contributed by atoms with van der Waals surface area (Å²) in [5.74, 6) is -0.141. The van der Waals surface area contributed by atoms with Crippen LogP contribution in [-0.4, -0.2) is 39.5 Å². The van der Waals surface area contributed by atoms with Crippen LogP contribution in [0.5, 0.6) is 0 Å². The first-order valence-corrected chi connectivity index (χ1v) is 9.64. The van der Waals surface area contributed by atoms with Crippen LogP contribution in [-0.2, 0) is 9.59 Å². The van der Waals surface area contributed by atoms with Crippen molar-refractivity contribution in [2.24, 2.45) is 5.41 Å². The molecule has 7 heteroatoms. The number of hydrogen-bond acceptors (Lipinski definition) is 5. The molecule has 2 aromatic rings. The van der Waals surface area contributed by atoms with Gasteiger partial charge in [0, 0.05) is 18.5 Å². The monoisotopic (exact) mass is 372 g/mol. The van der Waals surface area contributed by atoms with Crippen molar-refractivity contribution in [3.63, 3.8) is 0 Å². The Balaban J connectivity index is 1.66. The number of benzene rings is 1. The Labute approximate surface area is 157 Å². The molecule has 138 valence electrons. The van der Waals surface area contributed by atoms with E-state index in [0.29, 0.717) is 24.5 Å². The van der Waals surface area contributed by atoms with Crippen LogP contribution in [0.25, 0.3) is 10.6 Å². The molecule has 1 unspecified atom stereocenters. The molecule has 0 radical (unpaired) electrons. The molecule has 3 rings (SSSR count). The highest BCUT2D eigenvalue weighted by molar-refractivity contribution is 7.18. The number of rotatable bonds is 4. The molecule has 2 heterocycles. The van der Waals surface area contributed by atoms with Gasteiger partial charge in [-0.05, 0) is 18.3 Å².